The molecule has 0 amide bonds. The molecule has 0 heterocycles. The molecule has 0 aromatic carbocycles. The van der Waals surface area contributed by atoms with E-state index in [-0.39, 0.29) is 12.6 Å². The molecule has 0 fully saturated rings. The molecule has 5 nitrogen and oxygen atoms in total. The van der Waals surface area contributed by atoms with E-state index in [9.17, 15) is 9.59 Å². The summed E-state index contributed by atoms with van der Waals surface area (Å²) < 4.78 is 9.73. The van der Waals surface area contributed by atoms with Gasteiger partial charge in [-0.2, -0.15) is 0 Å². The molecule has 0 saturated carbocycles. The minimum Gasteiger partial charge on any atom is -0.461 e. The van der Waals surface area contributed by atoms with Crippen molar-refractivity contribution in [2.24, 2.45) is 0 Å². The third-order valence-electron chi connectivity index (χ3n) is 2.64. The van der Waals surface area contributed by atoms with E-state index in [1.807, 2.05) is 13.8 Å². The highest BCUT2D eigenvalue weighted by atomic mass is 16.7. The first-order valence-corrected chi connectivity index (χ1v) is 5.57. The van der Waals surface area contributed by atoms with Crippen LogP contribution >= 0.6 is 0 Å². The van der Waals surface area contributed by atoms with Crippen LogP contribution in [-0.4, -0.2) is 29.4 Å². The average molecular weight is 244 g/mol. The Morgan fingerprint density at radius 1 is 1.29 bits per heavy atom. The van der Waals surface area contributed by atoms with E-state index in [1.54, 1.807) is 0 Å². The van der Waals surface area contributed by atoms with Gasteiger partial charge in [-0.25, -0.2) is 4.79 Å². The van der Waals surface area contributed by atoms with Crippen LogP contribution in [0.4, 0.5) is 4.79 Å². The minimum atomic E-state index is -1.30. The van der Waals surface area contributed by atoms with Gasteiger partial charge in [0.1, 0.15) is 12.2 Å². The van der Waals surface area contributed by atoms with E-state index in [2.05, 4.69) is 6.58 Å². The second-order valence-corrected chi connectivity index (χ2v) is 3.97. The molecular formula is C12H20O5. The van der Waals surface area contributed by atoms with Crippen LogP contribution in [0.3, 0.4) is 0 Å². The zero-order chi connectivity index (χ0) is 13.5. The second kappa shape index (κ2) is 6.93. The van der Waals surface area contributed by atoms with Crippen LogP contribution in [0.1, 0.15) is 40.0 Å². The number of carboxylic acid groups (broad SMARTS) is 1. The molecule has 0 rings (SSSR count). The predicted molar refractivity (Wildman–Crippen MR) is 62.8 cm³/mol. The molecule has 0 radical (unpaired) electrons. The summed E-state index contributed by atoms with van der Waals surface area (Å²) in [6.45, 7) is 8.88. The molecular weight excluding hydrogens is 224 g/mol. The number of ether oxygens (including phenoxy) is 2. The van der Waals surface area contributed by atoms with Gasteiger partial charge >= 0.3 is 12.1 Å². The standard InChI is InChI=1S/C12H20O5/c1-5-12(6-2,17-11(14)15)7-9(3)8-16-10(4)13/h3,5-8H2,1-2,4H3,(H,14,15). The topological polar surface area (TPSA) is 72.8 Å². The summed E-state index contributed by atoms with van der Waals surface area (Å²) in [5, 5.41) is 8.71. The Morgan fingerprint density at radius 3 is 2.18 bits per heavy atom. The van der Waals surface area contributed by atoms with Crippen molar-refractivity contribution < 1.29 is 24.2 Å². The molecule has 0 spiro atoms. The molecule has 0 unspecified atom stereocenters. The highest BCUT2D eigenvalue weighted by Crippen LogP contribution is 2.28. The third-order valence-corrected chi connectivity index (χ3v) is 2.64. The molecule has 0 atom stereocenters. The van der Waals surface area contributed by atoms with Crippen molar-refractivity contribution in [2.45, 2.75) is 45.6 Å². The first-order valence-electron chi connectivity index (χ1n) is 5.57. The van der Waals surface area contributed by atoms with Crippen molar-refractivity contribution in [3.63, 3.8) is 0 Å². The van der Waals surface area contributed by atoms with Gasteiger partial charge in [0.15, 0.2) is 0 Å². The second-order valence-electron chi connectivity index (χ2n) is 3.97. The fourth-order valence-corrected chi connectivity index (χ4v) is 1.58. The van der Waals surface area contributed by atoms with Crippen molar-refractivity contribution in [2.75, 3.05) is 6.61 Å². The lowest BCUT2D eigenvalue weighted by molar-refractivity contribution is -0.140. The number of rotatable bonds is 7. The molecule has 0 saturated heterocycles. The molecule has 1 N–H and O–H groups in total. The summed E-state index contributed by atoms with van der Waals surface area (Å²) in [5.41, 5.74) is -0.131. The van der Waals surface area contributed by atoms with E-state index in [0.717, 1.165) is 0 Å². The van der Waals surface area contributed by atoms with E-state index in [4.69, 9.17) is 14.6 Å². The number of carbonyl (C=O) groups excluding carboxylic acids is 1. The van der Waals surface area contributed by atoms with Gasteiger partial charge in [-0.05, 0) is 18.4 Å². The zero-order valence-electron chi connectivity index (χ0n) is 10.6. The van der Waals surface area contributed by atoms with Crippen LogP contribution in [0, 0.1) is 0 Å². The van der Waals surface area contributed by atoms with Crippen molar-refractivity contribution in [3.05, 3.63) is 12.2 Å². The van der Waals surface area contributed by atoms with Gasteiger partial charge in [-0.15, -0.1) is 0 Å². The monoisotopic (exact) mass is 244 g/mol. The van der Waals surface area contributed by atoms with Crippen molar-refractivity contribution in [1.29, 1.82) is 0 Å². The summed E-state index contributed by atoms with van der Waals surface area (Å²) in [6.07, 6.45) is 0.164. The molecule has 5 heteroatoms. The van der Waals surface area contributed by atoms with Crippen LogP contribution in [0.25, 0.3) is 0 Å². The molecule has 17 heavy (non-hydrogen) atoms. The van der Waals surface area contributed by atoms with Crippen molar-refractivity contribution in [1.82, 2.24) is 0 Å². The normalized spacial score (nSPS) is 10.8. The number of hydrogen-bond donors (Lipinski definition) is 1. The number of carbonyl (C=O) groups is 2. The molecule has 0 bridgehead atoms. The van der Waals surface area contributed by atoms with E-state index < -0.39 is 11.8 Å². The van der Waals surface area contributed by atoms with Crippen LogP contribution in [-0.2, 0) is 14.3 Å². The summed E-state index contributed by atoms with van der Waals surface area (Å²) in [7, 11) is 0. The van der Waals surface area contributed by atoms with Crippen LogP contribution in [0.5, 0.6) is 0 Å². The lowest BCUT2D eigenvalue weighted by Gasteiger charge is -2.30. The number of hydrogen-bond acceptors (Lipinski definition) is 4. The smallest absolute Gasteiger partial charge is 0.461 e. The van der Waals surface area contributed by atoms with Gasteiger partial charge in [0.25, 0.3) is 0 Å². The first-order chi connectivity index (χ1) is 7.85. The summed E-state index contributed by atoms with van der Waals surface area (Å²) >= 11 is 0. The Kier molecular flexibility index (Phi) is 6.31. The predicted octanol–water partition coefficient (Wildman–Crippen LogP) is 2.75. The molecule has 0 aliphatic heterocycles. The molecule has 98 valence electrons. The fourth-order valence-electron chi connectivity index (χ4n) is 1.58. The molecule has 0 aliphatic rings. The molecule has 0 aromatic heterocycles. The maximum absolute atomic E-state index is 10.6. The lowest BCUT2D eigenvalue weighted by Crippen LogP contribution is -2.34. The average Bonchev–Trinajstić information content (AvgIpc) is 2.24. The minimum absolute atomic E-state index is 0.0973. The lowest BCUT2D eigenvalue weighted by atomic mass is 9.89. The van der Waals surface area contributed by atoms with Crippen molar-refractivity contribution >= 4 is 12.1 Å². The van der Waals surface area contributed by atoms with E-state index >= 15 is 0 Å². The maximum atomic E-state index is 10.6. The van der Waals surface area contributed by atoms with E-state index in [0.29, 0.717) is 24.8 Å². The molecule has 0 aliphatic carbocycles. The largest absolute Gasteiger partial charge is 0.506 e. The van der Waals surface area contributed by atoms with Gasteiger partial charge in [-0.3, -0.25) is 4.79 Å². The summed E-state index contributed by atoms with van der Waals surface area (Å²) in [4.78, 5) is 21.3. The van der Waals surface area contributed by atoms with Gasteiger partial charge < -0.3 is 14.6 Å². The summed E-state index contributed by atoms with van der Waals surface area (Å²) in [5.74, 6) is -0.385. The highest BCUT2D eigenvalue weighted by molar-refractivity contribution is 5.66. The van der Waals surface area contributed by atoms with Gasteiger partial charge in [0, 0.05) is 13.3 Å². The molecule has 0 aromatic rings. The van der Waals surface area contributed by atoms with Gasteiger partial charge in [0.05, 0.1) is 0 Å². The first kappa shape index (κ1) is 15.5. The highest BCUT2D eigenvalue weighted by Gasteiger charge is 2.31. The maximum Gasteiger partial charge on any atom is 0.506 e. The van der Waals surface area contributed by atoms with Crippen LogP contribution in [0.2, 0.25) is 0 Å². The Labute approximate surface area is 101 Å². The Hall–Kier alpha value is -1.52. The van der Waals surface area contributed by atoms with Gasteiger partial charge in [-0.1, -0.05) is 20.4 Å². The Bertz CT molecular complexity index is 291. The summed E-state index contributed by atoms with van der Waals surface area (Å²) in [6, 6.07) is 0. The third kappa shape index (κ3) is 5.94. The Morgan fingerprint density at radius 2 is 1.82 bits per heavy atom. The van der Waals surface area contributed by atoms with Gasteiger partial charge in [0.2, 0.25) is 0 Å². The van der Waals surface area contributed by atoms with E-state index in [1.165, 1.54) is 6.92 Å². The SMILES string of the molecule is C=C(COC(C)=O)CC(CC)(CC)OC(=O)O. The van der Waals surface area contributed by atoms with Crippen LogP contribution < -0.4 is 0 Å². The quantitative estimate of drug-likeness (QED) is 0.550. The zero-order valence-corrected chi connectivity index (χ0v) is 10.6. The van der Waals surface area contributed by atoms with Crippen molar-refractivity contribution in [3.8, 4) is 0 Å². The number of esters is 1. The fraction of sp³-hybridized carbons (Fsp3) is 0.667. The van der Waals surface area contributed by atoms with Crippen LogP contribution in [0.15, 0.2) is 12.2 Å². The Balaban J connectivity index is 4.47.